The van der Waals surface area contributed by atoms with Crippen LogP contribution in [0.2, 0.25) is 0 Å². The molecule has 1 heterocycles. The minimum atomic E-state index is -0.440. The molecule has 0 aliphatic carbocycles. The summed E-state index contributed by atoms with van der Waals surface area (Å²) in [5, 5.41) is 3.24. The number of methoxy groups -OCH3 is 2. The quantitative estimate of drug-likeness (QED) is 0.636. The summed E-state index contributed by atoms with van der Waals surface area (Å²) in [5.74, 6) is 0.733. The third-order valence-electron chi connectivity index (χ3n) is 3.99. The van der Waals surface area contributed by atoms with E-state index in [2.05, 4.69) is 5.32 Å². The summed E-state index contributed by atoms with van der Waals surface area (Å²) in [6.45, 7) is 5.64. The van der Waals surface area contributed by atoms with Crippen LogP contribution >= 0.6 is 11.3 Å². The van der Waals surface area contributed by atoms with Gasteiger partial charge in [-0.05, 0) is 25.8 Å². The van der Waals surface area contributed by atoms with Gasteiger partial charge in [-0.1, -0.05) is 6.92 Å². The number of ether oxygens (including phenoxy) is 4. The first-order valence-corrected chi connectivity index (χ1v) is 9.70. The molecule has 0 aliphatic heterocycles. The van der Waals surface area contributed by atoms with E-state index < -0.39 is 5.97 Å². The first-order chi connectivity index (χ1) is 13.4. The van der Waals surface area contributed by atoms with E-state index in [-0.39, 0.29) is 19.1 Å². The molecule has 2 aromatic rings. The van der Waals surface area contributed by atoms with Crippen LogP contribution in [0.25, 0.3) is 0 Å². The van der Waals surface area contributed by atoms with Crippen molar-refractivity contribution >= 4 is 28.2 Å². The standard InChI is InChI=1S/C20H25NO6S/c1-6-16-12(3)18(20(23)26-7-2)19(28-16)21-17(22)11-27-15-9-13(24-4)8-14(10-15)25-5/h8-10H,6-7,11H2,1-5H3,(H,21,22). The van der Waals surface area contributed by atoms with Crippen LogP contribution in [0.5, 0.6) is 17.2 Å². The van der Waals surface area contributed by atoms with Crippen molar-refractivity contribution in [1.82, 2.24) is 0 Å². The van der Waals surface area contributed by atoms with Crippen molar-refractivity contribution in [2.75, 3.05) is 32.8 Å². The zero-order valence-electron chi connectivity index (χ0n) is 16.7. The molecule has 0 radical (unpaired) electrons. The second kappa shape index (κ2) is 9.98. The lowest BCUT2D eigenvalue weighted by atomic mass is 10.1. The van der Waals surface area contributed by atoms with Crippen LogP contribution < -0.4 is 19.5 Å². The molecule has 1 N–H and O–H groups in total. The summed E-state index contributed by atoms with van der Waals surface area (Å²) in [5.41, 5.74) is 1.24. The van der Waals surface area contributed by atoms with E-state index in [9.17, 15) is 9.59 Å². The summed E-state index contributed by atoms with van der Waals surface area (Å²) in [6.07, 6.45) is 0.763. The van der Waals surface area contributed by atoms with Gasteiger partial charge in [0.2, 0.25) is 0 Å². The molecule has 0 atom stereocenters. The number of thiophene rings is 1. The summed E-state index contributed by atoms with van der Waals surface area (Å²) in [7, 11) is 3.07. The maximum atomic E-state index is 12.4. The average molecular weight is 407 g/mol. The Balaban J connectivity index is 2.12. The molecule has 1 aromatic carbocycles. The molecule has 7 nitrogen and oxygen atoms in total. The smallest absolute Gasteiger partial charge is 0.341 e. The van der Waals surface area contributed by atoms with Crippen LogP contribution in [0.4, 0.5) is 5.00 Å². The highest BCUT2D eigenvalue weighted by Crippen LogP contribution is 2.34. The van der Waals surface area contributed by atoms with Crippen molar-refractivity contribution in [2.24, 2.45) is 0 Å². The summed E-state index contributed by atoms with van der Waals surface area (Å²) >= 11 is 1.37. The van der Waals surface area contributed by atoms with Crippen molar-refractivity contribution in [3.63, 3.8) is 0 Å². The summed E-state index contributed by atoms with van der Waals surface area (Å²) in [6, 6.07) is 5.02. The second-order valence-electron chi connectivity index (χ2n) is 5.81. The van der Waals surface area contributed by atoms with Gasteiger partial charge in [-0.25, -0.2) is 4.79 Å². The number of hydrogen-bond donors (Lipinski definition) is 1. The van der Waals surface area contributed by atoms with Gasteiger partial charge < -0.3 is 24.3 Å². The van der Waals surface area contributed by atoms with Gasteiger partial charge in [0, 0.05) is 23.1 Å². The van der Waals surface area contributed by atoms with Crippen LogP contribution in [0, 0.1) is 6.92 Å². The van der Waals surface area contributed by atoms with Crippen LogP contribution in [-0.4, -0.2) is 39.3 Å². The van der Waals surface area contributed by atoms with Gasteiger partial charge in [-0.2, -0.15) is 0 Å². The fourth-order valence-corrected chi connectivity index (χ4v) is 3.76. The van der Waals surface area contributed by atoms with E-state index in [1.54, 1.807) is 25.1 Å². The van der Waals surface area contributed by atoms with E-state index in [0.29, 0.717) is 27.8 Å². The summed E-state index contributed by atoms with van der Waals surface area (Å²) < 4.78 is 21.0. The van der Waals surface area contributed by atoms with Gasteiger partial charge in [0.25, 0.3) is 5.91 Å². The van der Waals surface area contributed by atoms with Crippen molar-refractivity contribution in [3.05, 3.63) is 34.2 Å². The number of esters is 1. The maximum absolute atomic E-state index is 12.4. The van der Waals surface area contributed by atoms with Gasteiger partial charge in [-0.15, -0.1) is 11.3 Å². The van der Waals surface area contributed by atoms with E-state index in [4.69, 9.17) is 18.9 Å². The number of benzene rings is 1. The van der Waals surface area contributed by atoms with Crippen LogP contribution in [0.15, 0.2) is 18.2 Å². The van der Waals surface area contributed by atoms with Crippen molar-refractivity contribution in [2.45, 2.75) is 27.2 Å². The molecule has 152 valence electrons. The zero-order chi connectivity index (χ0) is 20.7. The Morgan fingerprint density at radius 1 is 1.04 bits per heavy atom. The Hall–Kier alpha value is -2.74. The Bertz CT molecular complexity index is 823. The van der Waals surface area contributed by atoms with Crippen LogP contribution in [-0.2, 0) is 16.0 Å². The molecule has 0 unspecified atom stereocenters. The number of carbonyl (C=O) groups excluding carboxylic acids is 2. The van der Waals surface area contributed by atoms with E-state index >= 15 is 0 Å². The van der Waals surface area contributed by atoms with Crippen LogP contribution in [0.1, 0.15) is 34.6 Å². The molecular weight excluding hydrogens is 382 g/mol. The third-order valence-corrected chi connectivity index (χ3v) is 5.35. The fraction of sp³-hybridized carbons (Fsp3) is 0.400. The van der Waals surface area contributed by atoms with E-state index in [1.165, 1.54) is 25.6 Å². The third kappa shape index (κ3) is 5.16. The fourth-order valence-electron chi connectivity index (χ4n) is 2.61. The second-order valence-corrected chi connectivity index (χ2v) is 6.92. The lowest BCUT2D eigenvalue weighted by molar-refractivity contribution is -0.118. The lowest BCUT2D eigenvalue weighted by Crippen LogP contribution is -2.21. The molecule has 1 aromatic heterocycles. The molecule has 2 rings (SSSR count). The highest BCUT2D eigenvalue weighted by Gasteiger charge is 2.23. The zero-order valence-corrected chi connectivity index (χ0v) is 17.5. The number of aryl methyl sites for hydroxylation is 1. The van der Waals surface area contributed by atoms with Crippen molar-refractivity contribution in [3.8, 4) is 17.2 Å². The average Bonchev–Trinajstić information content (AvgIpc) is 3.01. The minimum Gasteiger partial charge on any atom is -0.496 e. The molecule has 0 aliphatic rings. The first kappa shape index (κ1) is 21.6. The molecule has 1 amide bonds. The largest absolute Gasteiger partial charge is 0.496 e. The number of carbonyl (C=O) groups is 2. The van der Waals surface area contributed by atoms with Crippen molar-refractivity contribution in [1.29, 1.82) is 0 Å². The molecule has 8 heteroatoms. The molecule has 0 bridgehead atoms. The normalized spacial score (nSPS) is 10.3. The Morgan fingerprint density at radius 3 is 2.18 bits per heavy atom. The monoisotopic (exact) mass is 407 g/mol. The first-order valence-electron chi connectivity index (χ1n) is 8.88. The van der Waals surface area contributed by atoms with Gasteiger partial charge in [-0.3, -0.25) is 4.79 Å². The Labute approximate surface area is 168 Å². The van der Waals surface area contributed by atoms with E-state index in [1.807, 2.05) is 13.8 Å². The van der Waals surface area contributed by atoms with Crippen molar-refractivity contribution < 1.29 is 28.5 Å². The molecule has 0 spiro atoms. The molecule has 0 saturated heterocycles. The SMILES string of the molecule is CCOC(=O)c1c(NC(=O)COc2cc(OC)cc(OC)c2)sc(CC)c1C. The number of nitrogens with one attached hydrogen (secondary N) is 1. The maximum Gasteiger partial charge on any atom is 0.341 e. The molecular formula is C20H25NO6S. The predicted octanol–water partition coefficient (Wildman–Crippen LogP) is 3.83. The highest BCUT2D eigenvalue weighted by atomic mass is 32.1. The van der Waals surface area contributed by atoms with Gasteiger partial charge in [0.1, 0.15) is 22.2 Å². The molecule has 0 saturated carbocycles. The number of hydrogen-bond acceptors (Lipinski definition) is 7. The van der Waals surface area contributed by atoms with E-state index in [0.717, 1.165) is 16.9 Å². The topological polar surface area (TPSA) is 83.1 Å². The van der Waals surface area contributed by atoms with Gasteiger partial charge in [0.15, 0.2) is 6.61 Å². The molecule has 0 fully saturated rings. The predicted molar refractivity (Wildman–Crippen MR) is 108 cm³/mol. The van der Waals surface area contributed by atoms with Gasteiger partial charge in [0.05, 0.1) is 26.4 Å². The Morgan fingerprint density at radius 2 is 1.64 bits per heavy atom. The molecule has 28 heavy (non-hydrogen) atoms. The number of rotatable bonds is 9. The number of amides is 1. The minimum absolute atomic E-state index is 0.225. The van der Waals surface area contributed by atoms with Gasteiger partial charge >= 0.3 is 5.97 Å². The summed E-state index contributed by atoms with van der Waals surface area (Å²) in [4.78, 5) is 25.7. The highest BCUT2D eigenvalue weighted by molar-refractivity contribution is 7.17. The lowest BCUT2D eigenvalue weighted by Gasteiger charge is -2.11. The Kier molecular flexibility index (Phi) is 7.69. The number of anilines is 1. The van der Waals surface area contributed by atoms with Crippen LogP contribution in [0.3, 0.4) is 0 Å².